The summed E-state index contributed by atoms with van der Waals surface area (Å²) in [6.45, 7) is 4.27. The molecular formula is C18H26O10P2. The topological polar surface area (TPSA) is 196 Å². The van der Waals surface area contributed by atoms with Crippen LogP contribution in [0, 0.1) is 0 Å². The van der Waals surface area contributed by atoms with Crippen LogP contribution in [0.4, 0.5) is 0 Å². The number of benzene rings is 2. The summed E-state index contributed by atoms with van der Waals surface area (Å²) in [5.74, 6) is 0.568. The zero-order valence-electron chi connectivity index (χ0n) is 16.3. The second-order valence-corrected chi connectivity index (χ2v) is 7.84. The second kappa shape index (κ2) is 12.6. The van der Waals surface area contributed by atoms with Crippen molar-refractivity contribution < 1.29 is 48.7 Å². The molecule has 8 N–H and O–H groups in total. The van der Waals surface area contributed by atoms with Crippen molar-refractivity contribution in [2.24, 2.45) is 0 Å². The van der Waals surface area contributed by atoms with Gasteiger partial charge in [-0.15, -0.1) is 0 Å². The van der Waals surface area contributed by atoms with Crippen LogP contribution >= 0.6 is 15.6 Å². The van der Waals surface area contributed by atoms with E-state index in [1.54, 1.807) is 24.3 Å². The Morgan fingerprint density at radius 1 is 0.600 bits per heavy atom. The summed E-state index contributed by atoms with van der Waals surface area (Å²) < 4.78 is 17.8. The molecule has 0 aliphatic rings. The van der Waals surface area contributed by atoms with Crippen molar-refractivity contribution in [1.29, 1.82) is 0 Å². The summed E-state index contributed by atoms with van der Waals surface area (Å²) in [5.41, 5.74) is 4.82. The summed E-state index contributed by atoms with van der Waals surface area (Å²) in [5, 5.41) is 18.8. The van der Waals surface area contributed by atoms with E-state index < -0.39 is 15.6 Å². The van der Waals surface area contributed by atoms with Crippen LogP contribution in [-0.4, -0.2) is 39.6 Å². The Balaban J connectivity index is 0.000000702. The van der Waals surface area contributed by atoms with E-state index in [4.69, 9.17) is 38.5 Å². The van der Waals surface area contributed by atoms with Crippen molar-refractivity contribution >= 4 is 26.8 Å². The minimum absolute atomic E-state index is 0.284. The van der Waals surface area contributed by atoms with Crippen molar-refractivity contribution in [2.45, 2.75) is 26.7 Å². The number of phenols is 2. The van der Waals surface area contributed by atoms with Crippen LogP contribution in [0.5, 0.6) is 11.5 Å². The van der Waals surface area contributed by atoms with Crippen molar-refractivity contribution in [2.75, 3.05) is 0 Å². The van der Waals surface area contributed by atoms with Crippen LogP contribution in [0.3, 0.4) is 0 Å². The first-order valence-corrected chi connectivity index (χ1v) is 11.7. The van der Waals surface area contributed by atoms with Gasteiger partial charge in [-0.25, -0.2) is 9.13 Å². The maximum Gasteiger partial charge on any atom is 0.466 e. The maximum absolute atomic E-state index is 9.41. The SMILES string of the molecule is CCC(=C(CC)c1ccc(O)cc1)c1ccc(O)cc1.O=P(O)(O)O.O=P(O)(O)O. The molecule has 0 aromatic heterocycles. The molecule has 0 atom stereocenters. The summed E-state index contributed by atoms with van der Waals surface area (Å²) in [6.07, 6.45) is 1.85. The smallest absolute Gasteiger partial charge is 0.466 e. The Morgan fingerprint density at radius 2 is 0.800 bits per heavy atom. The van der Waals surface area contributed by atoms with Gasteiger partial charge in [0.2, 0.25) is 0 Å². The molecule has 0 spiro atoms. The molecule has 0 fully saturated rings. The first kappa shape index (κ1) is 28.0. The molecule has 10 nitrogen and oxygen atoms in total. The number of hydrogen-bond donors (Lipinski definition) is 8. The van der Waals surface area contributed by atoms with E-state index in [1.165, 1.54) is 11.1 Å². The maximum atomic E-state index is 9.41. The highest BCUT2D eigenvalue weighted by Gasteiger charge is 2.09. The number of rotatable bonds is 4. The first-order valence-electron chi connectivity index (χ1n) is 8.53. The number of phosphoric acid groups is 2. The fourth-order valence-corrected chi connectivity index (χ4v) is 2.51. The minimum atomic E-state index is -4.64. The fraction of sp³-hybridized carbons (Fsp3) is 0.222. The monoisotopic (exact) mass is 464 g/mol. The average molecular weight is 464 g/mol. The van der Waals surface area contributed by atoms with Gasteiger partial charge in [-0.2, -0.15) is 0 Å². The lowest BCUT2D eigenvalue weighted by Gasteiger charge is -2.14. The number of aromatic hydroxyl groups is 2. The lowest BCUT2D eigenvalue weighted by atomic mass is 9.91. The molecule has 30 heavy (non-hydrogen) atoms. The number of allylic oxidation sites excluding steroid dienone is 2. The number of phenolic OH excluding ortho intramolecular Hbond substituents is 2. The van der Waals surface area contributed by atoms with Gasteiger partial charge in [-0.3, -0.25) is 0 Å². The quantitative estimate of drug-likeness (QED) is 0.246. The number of hydrogen-bond acceptors (Lipinski definition) is 4. The van der Waals surface area contributed by atoms with Gasteiger partial charge in [0.25, 0.3) is 0 Å². The van der Waals surface area contributed by atoms with Gasteiger partial charge in [0.05, 0.1) is 0 Å². The molecule has 0 aliphatic carbocycles. The molecular weight excluding hydrogens is 438 g/mol. The predicted octanol–water partition coefficient (Wildman–Crippen LogP) is 2.97. The predicted molar refractivity (Wildman–Crippen MR) is 112 cm³/mol. The summed E-state index contributed by atoms with van der Waals surface area (Å²) in [4.78, 5) is 43.1. The van der Waals surface area contributed by atoms with Gasteiger partial charge in [0.15, 0.2) is 0 Å². The molecule has 0 saturated carbocycles. The molecule has 0 heterocycles. The van der Waals surface area contributed by atoms with Crippen LogP contribution in [0.15, 0.2) is 48.5 Å². The van der Waals surface area contributed by atoms with Crippen molar-refractivity contribution in [3.05, 3.63) is 59.7 Å². The zero-order valence-corrected chi connectivity index (χ0v) is 18.1. The molecule has 168 valence electrons. The Labute approximate surface area is 173 Å². The van der Waals surface area contributed by atoms with Crippen LogP contribution < -0.4 is 0 Å². The fourth-order valence-electron chi connectivity index (χ4n) is 2.51. The van der Waals surface area contributed by atoms with Crippen LogP contribution in [0.1, 0.15) is 37.8 Å². The van der Waals surface area contributed by atoms with E-state index in [1.807, 2.05) is 24.3 Å². The highest BCUT2D eigenvalue weighted by atomic mass is 31.2. The first-order chi connectivity index (χ1) is 13.7. The summed E-state index contributed by atoms with van der Waals surface area (Å²) >= 11 is 0. The molecule has 0 radical (unpaired) electrons. The second-order valence-electron chi connectivity index (χ2n) is 5.78. The summed E-state index contributed by atoms with van der Waals surface area (Å²) in [7, 11) is -9.28. The van der Waals surface area contributed by atoms with Gasteiger partial charge in [0, 0.05) is 0 Å². The van der Waals surface area contributed by atoms with E-state index in [9.17, 15) is 10.2 Å². The third kappa shape index (κ3) is 14.1. The van der Waals surface area contributed by atoms with Crippen LogP contribution in [0.2, 0.25) is 0 Å². The lowest BCUT2D eigenvalue weighted by molar-refractivity contribution is 0.272. The highest BCUT2D eigenvalue weighted by molar-refractivity contribution is 7.45. The lowest BCUT2D eigenvalue weighted by Crippen LogP contribution is -1.91. The summed E-state index contributed by atoms with van der Waals surface area (Å²) in [6, 6.07) is 14.7. The van der Waals surface area contributed by atoms with Crippen molar-refractivity contribution in [3.63, 3.8) is 0 Å². The van der Waals surface area contributed by atoms with E-state index in [-0.39, 0.29) is 11.5 Å². The molecule has 0 unspecified atom stereocenters. The van der Waals surface area contributed by atoms with Gasteiger partial charge in [-0.1, -0.05) is 38.1 Å². The van der Waals surface area contributed by atoms with E-state index in [0.717, 1.165) is 24.0 Å². The molecule has 0 bridgehead atoms. The highest BCUT2D eigenvalue weighted by Crippen LogP contribution is 2.32. The van der Waals surface area contributed by atoms with E-state index in [2.05, 4.69) is 13.8 Å². The van der Waals surface area contributed by atoms with Gasteiger partial charge < -0.3 is 39.6 Å². The Hall–Kier alpha value is -2.00. The van der Waals surface area contributed by atoms with Crippen molar-refractivity contribution in [1.82, 2.24) is 0 Å². The molecule has 2 aromatic carbocycles. The Kier molecular flexibility index (Phi) is 11.8. The Morgan fingerprint density at radius 3 is 0.967 bits per heavy atom. The third-order valence-corrected chi connectivity index (χ3v) is 3.50. The zero-order chi connectivity index (χ0) is 23.5. The molecule has 0 aliphatic heterocycles. The molecule has 0 amide bonds. The van der Waals surface area contributed by atoms with Gasteiger partial charge in [-0.05, 0) is 59.4 Å². The van der Waals surface area contributed by atoms with Crippen LogP contribution in [0.25, 0.3) is 11.1 Å². The van der Waals surface area contributed by atoms with Crippen LogP contribution in [-0.2, 0) is 9.13 Å². The molecule has 2 rings (SSSR count). The van der Waals surface area contributed by atoms with E-state index in [0.29, 0.717) is 0 Å². The standard InChI is InChI=1S/C18H20O2.2H3O4P/c1-3-17(13-5-9-15(19)10-6-13)18(4-2)14-7-11-16(20)12-8-14;2*1-5(2,3)4/h5-12,19-20H,3-4H2,1-2H3;2*(H3,1,2,3,4). The third-order valence-electron chi connectivity index (χ3n) is 3.50. The molecule has 0 saturated heterocycles. The molecule has 2 aromatic rings. The largest absolute Gasteiger partial charge is 0.508 e. The van der Waals surface area contributed by atoms with Gasteiger partial charge in [0.1, 0.15) is 11.5 Å². The Bertz CT molecular complexity index is 804. The van der Waals surface area contributed by atoms with E-state index >= 15 is 0 Å². The van der Waals surface area contributed by atoms with Gasteiger partial charge >= 0.3 is 15.6 Å². The van der Waals surface area contributed by atoms with Crippen molar-refractivity contribution in [3.8, 4) is 11.5 Å². The molecule has 12 heteroatoms. The average Bonchev–Trinajstić information content (AvgIpc) is 2.59. The normalized spacial score (nSPS) is 12.0. The minimum Gasteiger partial charge on any atom is -0.508 e.